The van der Waals surface area contributed by atoms with Gasteiger partial charge in [-0.15, -0.1) is 0 Å². The number of rotatable bonds is 7. The Bertz CT molecular complexity index is 1130. The van der Waals surface area contributed by atoms with Crippen molar-refractivity contribution in [1.82, 2.24) is 4.83 Å². The Kier molecular flexibility index (Phi) is 6.56. The molecule has 3 aromatic rings. The molecule has 0 unspecified atom stereocenters. The number of aryl methyl sites for hydroxylation is 2. The summed E-state index contributed by atoms with van der Waals surface area (Å²) in [7, 11) is -3.73. The van der Waals surface area contributed by atoms with Crippen LogP contribution in [0.3, 0.4) is 0 Å². The van der Waals surface area contributed by atoms with Gasteiger partial charge in [-0.2, -0.15) is 13.5 Å². The van der Waals surface area contributed by atoms with Gasteiger partial charge in [0.05, 0.1) is 16.1 Å². The van der Waals surface area contributed by atoms with E-state index in [1.807, 2.05) is 44.2 Å². The van der Waals surface area contributed by atoms with Gasteiger partial charge in [0.25, 0.3) is 10.0 Å². The van der Waals surface area contributed by atoms with Crippen LogP contribution in [0, 0.1) is 13.8 Å². The summed E-state index contributed by atoms with van der Waals surface area (Å²) in [6, 6.07) is 19.8. The molecule has 0 saturated carbocycles. The summed E-state index contributed by atoms with van der Waals surface area (Å²) in [5.41, 5.74) is 3.60. The van der Waals surface area contributed by atoms with Crippen LogP contribution >= 0.6 is 11.6 Å². The largest absolute Gasteiger partial charge is 0.487 e. The van der Waals surface area contributed by atoms with Gasteiger partial charge in [0.1, 0.15) is 12.4 Å². The summed E-state index contributed by atoms with van der Waals surface area (Å²) < 4.78 is 30.4. The van der Waals surface area contributed by atoms with Gasteiger partial charge in [0, 0.05) is 0 Å². The highest BCUT2D eigenvalue weighted by molar-refractivity contribution is 7.89. The zero-order valence-electron chi connectivity index (χ0n) is 16.1. The first kappa shape index (κ1) is 20.9. The normalized spacial score (nSPS) is 11.6. The molecule has 29 heavy (non-hydrogen) atoms. The monoisotopic (exact) mass is 428 g/mol. The van der Waals surface area contributed by atoms with Crippen LogP contribution in [0.1, 0.15) is 22.3 Å². The summed E-state index contributed by atoms with van der Waals surface area (Å²) in [4.78, 5) is 2.39. The predicted octanol–water partition coefficient (Wildman–Crippen LogP) is 4.85. The van der Waals surface area contributed by atoms with Crippen molar-refractivity contribution in [3.63, 3.8) is 0 Å². The van der Waals surface area contributed by atoms with Crippen LogP contribution in [0.2, 0.25) is 5.02 Å². The maximum Gasteiger partial charge on any atom is 0.276 e. The number of sulfonamides is 1. The fraction of sp³-hybridized carbons (Fsp3) is 0.136. The smallest absolute Gasteiger partial charge is 0.276 e. The number of halogens is 1. The molecule has 0 fully saturated rings. The van der Waals surface area contributed by atoms with E-state index in [-0.39, 0.29) is 4.90 Å². The van der Waals surface area contributed by atoms with Gasteiger partial charge in [0.2, 0.25) is 0 Å². The molecule has 150 valence electrons. The van der Waals surface area contributed by atoms with Crippen LogP contribution in [0.4, 0.5) is 0 Å². The second-order valence-electron chi connectivity index (χ2n) is 6.56. The molecule has 1 N–H and O–H groups in total. The van der Waals surface area contributed by atoms with E-state index < -0.39 is 10.0 Å². The van der Waals surface area contributed by atoms with Crippen molar-refractivity contribution in [2.24, 2.45) is 5.10 Å². The average Bonchev–Trinajstić information content (AvgIpc) is 2.70. The van der Waals surface area contributed by atoms with Gasteiger partial charge in [-0.05, 0) is 66.4 Å². The number of nitrogens with one attached hydrogen (secondary N) is 1. The van der Waals surface area contributed by atoms with Crippen LogP contribution < -0.4 is 9.57 Å². The van der Waals surface area contributed by atoms with E-state index in [2.05, 4.69) is 9.93 Å². The van der Waals surface area contributed by atoms with Crippen LogP contribution in [-0.4, -0.2) is 14.6 Å². The second kappa shape index (κ2) is 9.11. The molecule has 0 radical (unpaired) electrons. The molecule has 3 rings (SSSR count). The third kappa shape index (κ3) is 5.59. The summed E-state index contributed by atoms with van der Waals surface area (Å²) in [5, 5.41) is 4.26. The Morgan fingerprint density at radius 1 is 1.00 bits per heavy atom. The molecule has 0 spiro atoms. The molecule has 0 aliphatic heterocycles. The van der Waals surface area contributed by atoms with Crippen molar-refractivity contribution in [3.05, 3.63) is 94.0 Å². The van der Waals surface area contributed by atoms with Gasteiger partial charge >= 0.3 is 0 Å². The molecule has 0 aromatic heterocycles. The molecule has 0 amide bonds. The third-order valence-corrected chi connectivity index (χ3v) is 5.88. The Morgan fingerprint density at radius 3 is 2.45 bits per heavy atom. The first-order chi connectivity index (χ1) is 13.8. The predicted molar refractivity (Wildman–Crippen MR) is 116 cm³/mol. The van der Waals surface area contributed by atoms with Gasteiger partial charge < -0.3 is 4.74 Å². The molecule has 0 aliphatic rings. The van der Waals surface area contributed by atoms with Crippen LogP contribution in [0.5, 0.6) is 5.75 Å². The van der Waals surface area contributed by atoms with Gasteiger partial charge in [-0.3, -0.25) is 0 Å². The Hall–Kier alpha value is -2.83. The van der Waals surface area contributed by atoms with E-state index in [1.54, 1.807) is 36.4 Å². The van der Waals surface area contributed by atoms with Crippen molar-refractivity contribution < 1.29 is 13.2 Å². The summed E-state index contributed by atoms with van der Waals surface area (Å²) in [5.74, 6) is 0.545. The molecule has 7 heteroatoms. The number of hydrazone groups is 1. The minimum atomic E-state index is -3.73. The quantitative estimate of drug-likeness (QED) is 0.432. The molecule has 0 heterocycles. The maximum absolute atomic E-state index is 12.4. The highest BCUT2D eigenvalue weighted by Crippen LogP contribution is 2.26. The molecular weight excluding hydrogens is 408 g/mol. The lowest BCUT2D eigenvalue weighted by Crippen LogP contribution is -2.18. The fourth-order valence-electron chi connectivity index (χ4n) is 2.55. The number of hydrogen-bond acceptors (Lipinski definition) is 4. The molecular formula is C22H21ClN2O3S. The second-order valence-corrected chi connectivity index (χ2v) is 8.63. The van der Waals surface area contributed by atoms with E-state index in [1.165, 1.54) is 6.21 Å². The van der Waals surface area contributed by atoms with Crippen molar-refractivity contribution in [2.75, 3.05) is 0 Å². The van der Waals surface area contributed by atoms with E-state index >= 15 is 0 Å². The minimum absolute atomic E-state index is 0.167. The standard InChI is InChI=1S/C22H21ClN2O3S/c1-16-8-10-20(12-17(16)2)29(26,27)25-24-14-19-9-11-22(21(23)13-19)28-15-18-6-4-3-5-7-18/h3-14,25H,15H2,1-2H3/b24-14+. The number of ether oxygens (including phenoxy) is 1. The van der Waals surface area contributed by atoms with Crippen molar-refractivity contribution in [2.45, 2.75) is 25.3 Å². The van der Waals surface area contributed by atoms with E-state index in [9.17, 15) is 8.42 Å². The topological polar surface area (TPSA) is 67.8 Å². The molecule has 3 aromatic carbocycles. The zero-order chi connectivity index (χ0) is 20.9. The first-order valence-corrected chi connectivity index (χ1v) is 10.8. The Balaban J connectivity index is 1.64. The van der Waals surface area contributed by atoms with Crippen molar-refractivity contribution >= 4 is 27.8 Å². The zero-order valence-corrected chi connectivity index (χ0v) is 17.7. The summed E-state index contributed by atoms with van der Waals surface area (Å²) in [6.07, 6.45) is 1.39. The number of nitrogens with zero attached hydrogens (tertiary/aromatic N) is 1. The van der Waals surface area contributed by atoms with E-state index in [0.717, 1.165) is 16.7 Å². The molecule has 0 aliphatic carbocycles. The Labute approximate surface area is 176 Å². The van der Waals surface area contributed by atoms with E-state index in [4.69, 9.17) is 16.3 Å². The van der Waals surface area contributed by atoms with Gasteiger partial charge in [-0.1, -0.05) is 48.0 Å². The lowest BCUT2D eigenvalue weighted by Gasteiger charge is -2.09. The lowest BCUT2D eigenvalue weighted by molar-refractivity contribution is 0.306. The Morgan fingerprint density at radius 2 is 1.76 bits per heavy atom. The number of hydrogen-bond donors (Lipinski definition) is 1. The SMILES string of the molecule is Cc1ccc(S(=O)(=O)N/N=C/c2ccc(OCc3ccccc3)c(Cl)c2)cc1C. The highest BCUT2D eigenvalue weighted by Gasteiger charge is 2.13. The molecule has 0 atom stereocenters. The average molecular weight is 429 g/mol. The van der Waals surface area contributed by atoms with Crippen molar-refractivity contribution in [3.8, 4) is 5.75 Å². The third-order valence-electron chi connectivity index (χ3n) is 4.37. The lowest BCUT2D eigenvalue weighted by atomic mass is 10.1. The molecule has 0 saturated heterocycles. The minimum Gasteiger partial charge on any atom is -0.487 e. The highest BCUT2D eigenvalue weighted by atomic mass is 35.5. The molecule has 0 bridgehead atoms. The number of benzene rings is 3. The first-order valence-electron chi connectivity index (χ1n) is 8.93. The van der Waals surface area contributed by atoms with Gasteiger partial charge in [-0.25, -0.2) is 4.83 Å². The fourth-order valence-corrected chi connectivity index (χ4v) is 3.67. The van der Waals surface area contributed by atoms with Gasteiger partial charge in [0.15, 0.2) is 0 Å². The van der Waals surface area contributed by atoms with Crippen LogP contribution in [-0.2, 0) is 16.6 Å². The van der Waals surface area contributed by atoms with Crippen molar-refractivity contribution in [1.29, 1.82) is 0 Å². The van der Waals surface area contributed by atoms with E-state index in [0.29, 0.717) is 22.9 Å². The van der Waals surface area contributed by atoms with Crippen LogP contribution in [0.25, 0.3) is 0 Å². The van der Waals surface area contributed by atoms with Crippen LogP contribution in [0.15, 0.2) is 76.7 Å². The maximum atomic E-state index is 12.4. The summed E-state index contributed by atoms with van der Waals surface area (Å²) >= 11 is 6.27. The summed E-state index contributed by atoms with van der Waals surface area (Å²) in [6.45, 7) is 4.19. The molecule has 5 nitrogen and oxygen atoms in total.